The number of nitrogens with one attached hydrogen (secondary N) is 1. The van der Waals surface area contributed by atoms with E-state index in [2.05, 4.69) is 42.3 Å². The van der Waals surface area contributed by atoms with Gasteiger partial charge in [-0.25, -0.2) is 4.79 Å². The Morgan fingerprint density at radius 1 is 1.00 bits per heavy atom. The highest BCUT2D eigenvalue weighted by Gasteiger charge is 2.23. The van der Waals surface area contributed by atoms with Crippen molar-refractivity contribution >= 4 is 23.4 Å². The number of hydrogen-bond acceptors (Lipinski definition) is 4. The molecule has 2 aromatic carbocycles. The van der Waals surface area contributed by atoms with Gasteiger partial charge in [-0.05, 0) is 62.2 Å². The molecule has 1 fully saturated rings. The molecule has 1 N–H and O–H groups in total. The Kier molecular flexibility index (Phi) is 6.19. The van der Waals surface area contributed by atoms with Gasteiger partial charge >= 0.3 is 6.09 Å². The average molecular weight is 381 g/mol. The van der Waals surface area contributed by atoms with Crippen LogP contribution in [-0.4, -0.2) is 49.7 Å². The van der Waals surface area contributed by atoms with Crippen LogP contribution >= 0.6 is 0 Å². The Hall–Kier alpha value is -3.02. The van der Waals surface area contributed by atoms with Gasteiger partial charge in [0.05, 0.1) is 6.61 Å². The van der Waals surface area contributed by atoms with Crippen molar-refractivity contribution in [1.29, 1.82) is 0 Å². The minimum atomic E-state index is -0.496. The monoisotopic (exact) mass is 381 g/mol. The highest BCUT2D eigenvalue weighted by atomic mass is 16.5. The van der Waals surface area contributed by atoms with Gasteiger partial charge in [0, 0.05) is 43.1 Å². The zero-order chi connectivity index (χ0) is 20.1. The van der Waals surface area contributed by atoms with Gasteiger partial charge in [-0.1, -0.05) is 12.1 Å². The average Bonchev–Trinajstić information content (AvgIpc) is 2.70. The third-order valence-electron chi connectivity index (χ3n) is 5.14. The minimum absolute atomic E-state index is 0.0169. The number of hydrogen-bond donors (Lipinski definition) is 1. The van der Waals surface area contributed by atoms with Gasteiger partial charge in [-0.2, -0.15) is 0 Å². The molecule has 6 heteroatoms. The van der Waals surface area contributed by atoms with Crippen molar-refractivity contribution in [2.45, 2.75) is 20.8 Å². The molecule has 1 aliphatic rings. The Morgan fingerprint density at radius 3 is 2.32 bits per heavy atom. The van der Waals surface area contributed by atoms with Gasteiger partial charge in [-0.15, -0.1) is 0 Å². The van der Waals surface area contributed by atoms with E-state index in [0.717, 1.165) is 13.1 Å². The van der Waals surface area contributed by atoms with Crippen LogP contribution in [0.2, 0.25) is 0 Å². The van der Waals surface area contributed by atoms with Crippen LogP contribution in [0.3, 0.4) is 0 Å². The van der Waals surface area contributed by atoms with Crippen LogP contribution in [0.1, 0.15) is 28.4 Å². The smallest absolute Gasteiger partial charge is 0.411 e. The van der Waals surface area contributed by atoms with Gasteiger partial charge in [0.25, 0.3) is 5.91 Å². The minimum Gasteiger partial charge on any atom is -0.450 e. The van der Waals surface area contributed by atoms with Crippen LogP contribution in [0.5, 0.6) is 0 Å². The first-order valence-corrected chi connectivity index (χ1v) is 9.64. The maximum absolute atomic E-state index is 12.8. The fourth-order valence-corrected chi connectivity index (χ4v) is 3.39. The number of ether oxygens (including phenoxy) is 1. The first-order chi connectivity index (χ1) is 13.5. The second-order valence-electron chi connectivity index (χ2n) is 6.92. The summed E-state index contributed by atoms with van der Waals surface area (Å²) in [4.78, 5) is 28.5. The van der Waals surface area contributed by atoms with E-state index in [4.69, 9.17) is 4.74 Å². The molecule has 0 saturated carbocycles. The molecule has 0 atom stereocenters. The Bertz CT molecular complexity index is 841. The number of aryl methyl sites for hydroxylation is 1. The van der Waals surface area contributed by atoms with E-state index >= 15 is 0 Å². The fraction of sp³-hybridized carbons (Fsp3) is 0.364. The molecule has 0 aliphatic carbocycles. The molecule has 148 valence electrons. The van der Waals surface area contributed by atoms with Crippen molar-refractivity contribution in [2.75, 3.05) is 43.0 Å². The standard InChI is InChI=1S/C22H27N3O3/c1-4-28-22(27)23-19-10-8-18(9-11-19)21(26)25-14-12-24(13-15-25)20-7-5-6-16(2)17(20)3/h5-11H,4,12-15H2,1-3H3,(H,23,27). The molecule has 0 spiro atoms. The van der Waals surface area contributed by atoms with E-state index in [-0.39, 0.29) is 5.91 Å². The van der Waals surface area contributed by atoms with E-state index in [1.807, 2.05) is 4.90 Å². The highest BCUT2D eigenvalue weighted by Crippen LogP contribution is 2.24. The lowest BCUT2D eigenvalue weighted by atomic mass is 10.1. The lowest BCUT2D eigenvalue weighted by Crippen LogP contribution is -2.49. The predicted octanol–water partition coefficient (Wildman–Crippen LogP) is 3.83. The first kappa shape index (κ1) is 19.7. The summed E-state index contributed by atoms with van der Waals surface area (Å²) in [7, 11) is 0. The van der Waals surface area contributed by atoms with Crippen molar-refractivity contribution in [3.63, 3.8) is 0 Å². The van der Waals surface area contributed by atoms with Crippen LogP contribution in [0, 0.1) is 13.8 Å². The lowest BCUT2D eigenvalue weighted by Gasteiger charge is -2.37. The SMILES string of the molecule is CCOC(=O)Nc1ccc(C(=O)N2CCN(c3cccc(C)c3C)CC2)cc1. The van der Waals surface area contributed by atoms with Crippen molar-refractivity contribution in [1.82, 2.24) is 4.90 Å². The zero-order valence-electron chi connectivity index (χ0n) is 16.7. The normalized spacial score (nSPS) is 14.0. The zero-order valence-corrected chi connectivity index (χ0v) is 16.7. The summed E-state index contributed by atoms with van der Waals surface area (Å²) in [5, 5.41) is 2.63. The molecule has 1 saturated heterocycles. The Labute approximate surface area is 166 Å². The third kappa shape index (κ3) is 4.44. The molecule has 0 bridgehead atoms. The maximum atomic E-state index is 12.8. The van der Waals surface area contributed by atoms with Crippen molar-refractivity contribution < 1.29 is 14.3 Å². The fourth-order valence-electron chi connectivity index (χ4n) is 3.39. The molecule has 0 radical (unpaired) electrons. The molecule has 2 amide bonds. The summed E-state index contributed by atoms with van der Waals surface area (Å²) in [5.74, 6) is 0.0169. The molecule has 28 heavy (non-hydrogen) atoms. The van der Waals surface area contributed by atoms with Crippen LogP contribution in [-0.2, 0) is 4.74 Å². The van der Waals surface area contributed by atoms with E-state index in [1.165, 1.54) is 16.8 Å². The molecule has 1 heterocycles. The second-order valence-corrected chi connectivity index (χ2v) is 6.92. The van der Waals surface area contributed by atoms with Crippen LogP contribution in [0.4, 0.5) is 16.2 Å². The third-order valence-corrected chi connectivity index (χ3v) is 5.14. The van der Waals surface area contributed by atoms with E-state index in [9.17, 15) is 9.59 Å². The maximum Gasteiger partial charge on any atom is 0.411 e. The summed E-state index contributed by atoms with van der Waals surface area (Å²) in [6.45, 7) is 9.35. The molecule has 3 rings (SSSR count). The number of carbonyl (C=O) groups is 2. The first-order valence-electron chi connectivity index (χ1n) is 9.64. The summed E-state index contributed by atoms with van der Waals surface area (Å²) in [6.07, 6.45) is -0.496. The van der Waals surface area contributed by atoms with Crippen molar-refractivity contribution in [3.8, 4) is 0 Å². The molecule has 0 unspecified atom stereocenters. The number of rotatable bonds is 4. The lowest BCUT2D eigenvalue weighted by molar-refractivity contribution is 0.0747. The van der Waals surface area contributed by atoms with Crippen LogP contribution < -0.4 is 10.2 Å². The van der Waals surface area contributed by atoms with Crippen LogP contribution in [0.15, 0.2) is 42.5 Å². The molecular weight excluding hydrogens is 354 g/mol. The van der Waals surface area contributed by atoms with E-state index in [1.54, 1.807) is 31.2 Å². The molecule has 0 aromatic heterocycles. The topological polar surface area (TPSA) is 61.9 Å². The summed E-state index contributed by atoms with van der Waals surface area (Å²) < 4.78 is 4.85. The van der Waals surface area contributed by atoms with Crippen molar-refractivity contribution in [3.05, 3.63) is 59.2 Å². The quantitative estimate of drug-likeness (QED) is 0.874. The molecule has 1 aliphatic heterocycles. The highest BCUT2D eigenvalue weighted by molar-refractivity contribution is 5.95. The molecule has 2 aromatic rings. The number of nitrogens with zero attached hydrogens (tertiary/aromatic N) is 2. The van der Waals surface area contributed by atoms with Gasteiger partial charge in [0.2, 0.25) is 0 Å². The molecular formula is C22H27N3O3. The van der Waals surface area contributed by atoms with Crippen LogP contribution in [0.25, 0.3) is 0 Å². The summed E-state index contributed by atoms with van der Waals surface area (Å²) in [5.41, 5.74) is 5.06. The number of carbonyl (C=O) groups excluding carboxylic acids is 2. The van der Waals surface area contributed by atoms with Gasteiger partial charge in [-0.3, -0.25) is 10.1 Å². The van der Waals surface area contributed by atoms with Gasteiger partial charge in [0.15, 0.2) is 0 Å². The molecule has 6 nitrogen and oxygen atoms in total. The van der Waals surface area contributed by atoms with E-state index in [0.29, 0.717) is 30.9 Å². The summed E-state index contributed by atoms with van der Waals surface area (Å²) >= 11 is 0. The van der Waals surface area contributed by atoms with Gasteiger partial charge < -0.3 is 14.5 Å². The van der Waals surface area contributed by atoms with Crippen molar-refractivity contribution in [2.24, 2.45) is 0 Å². The largest absolute Gasteiger partial charge is 0.450 e. The predicted molar refractivity (Wildman–Crippen MR) is 111 cm³/mol. The summed E-state index contributed by atoms with van der Waals surface area (Å²) in [6, 6.07) is 13.3. The number of anilines is 2. The Morgan fingerprint density at radius 2 is 1.68 bits per heavy atom. The van der Waals surface area contributed by atoms with Gasteiger partial charge in [0.1, 0.15) is 0 Å². The second kappa shape index (κ2) is 8.78. The Balaban J connectivity index is 1.59. The number of amides is 2. The van der Waals surface area contributed by atoms with E-state index < -0.39 is 6.09 Å². The number of piperazine rings is 1. The number of benzene rings is 2.